The highest BCUT2D eigenvalue weighted by Gasteiger charge is 2.27. The molecule has 2 aromatic carbocycles. The topological polar surface area (TPSA) is 86.8 Å². The minimum Gasteiger partial charge on any atom is -0.357 e. The van der Waals surface area contributed by atoms with Crippen molar-refractivity contribution in [1.29, 1.82) is 0 Å². The SMILES string of the molecule is CC[C@@H](C(=O)NC)N(CCc1ccccc1)C(=O)CCCN(c1ccc(Cl)cc1)S(C)(=O)=O. The average molecular weight is 494 g/mol. The van der Waals surface area contributed by atoms with Crippen molar-refractivity contribution in [2.45, 2.75) is 38.6 Å². The standard InChI is InChI=1S/C24H32ClN3O4S/c1-4-22(24(30)26-2)27(18-16-19-9-6-5-7-10-19)23(29)11-8-17-28(33(3,31)32)21-14-12-20(25)13-15-21/h5-7,9-10,12-15,22H,4,8,11,16-18H2,1-3H3,(H,26,30)/t22-/m0/s1. The molecule has 0 bridgehead atoms. The zero-order valence-corrected chi connectivity index (χ0v) is 20.9. The maximum atomic E-state index is 13.2. The van der Waals surface area contributed by atoms with E-state index in [9.17, 15) is 18.0 Å². The van der Waals surface area contributed by atoms with E-state index >= 15 is 0 Å². The van der Waals surface area contributed by atoms with Gasteiger partial charge in [-0.2, -0.15) is 0 Å². The largest absolute Gasteiger partial charge is 0.357 e. The maximum absolute atomic E-state index is 13.2. The van der Waals surface area contributed by atoms with Gasteiger partial charge in [0.25, 0.3) is 0 Å². The van der Waals surface area contributed by atoms with E-state index in [0.29, 0.717) is 36.5 Å². The first-order valence-electron chi connectivity index (χ1n) is 11.0. The maximum Gasteiger partial charge on any atom is 0.242 e. The summed E-state index contributed by atoms with van der Waals surface area (Å²) in [5.41, 5.74) is 1.57. The summed E-state index contributed by atoms with van der Waals surface area (Å²) in [5, 5.41) is 3.15. The summed E-state index contributed by atoms with van der Waals surface area (Å²) in [5.74, 6) is -0.385. The molecule has 9 heteroatoms. The molecule has 0 aliphatic rings. The van der Waals surface area contributed by atoms with E-state index in [4.69, 9.17) is 11.6 Å². The van der Waals surface area contributed by atoms with E-state index in [1.807, 2.05) is 37.3 Å². The summed E-state index contributed by atoms with van der Waals surface area (Å²) in [6.07, 6.45) is 2.69. The summed E-state index contributed by atoms with van der Waals surface area (Å²) < 4.78 is 25.9. The Labute approximate surface area is 201 Å². The van der Waals surface area contributed by atoms with Gasteiger partial charge in [0.05, 0.1) is 11.9 Å². The number of rotatable bonds is 12. The minimum absolute atomic E-state index is 0.127. The molecule has 1 atom stereocenters. The van der Waals surface area contributed by atoms with Crippen molar-refractivity contribution >= 4 is 39.1 Å². The highest BCUT2D eigenvalue weighted by atomic mass is 35.5. The number of carbonyl (C=O) groups excluding carboxylic acids is 2. The first-order chi connectivity index (χ1) is 15.7. The second-order valence-corrected chi connectivity index (χ2v) is 10.1. The number of hydrogen-bond acceptors (Lipinski definition) is 4. The molecule has 0 aromatic heterocycles. The lowest BCUT2D eigenvalue weighted by molar-refractivity contribution is -0.140. The highest BCUT2D eigenvalue weighted by molar-refractivity contribution is 7.92. The van der Waals surface area contributed by atoms with E-state index < -0.39 is 16.1 Å². The average Bonchev–Trinajstić information content (AvgIpc) is 2.79. The number of amides is 2. The van der Waals surface area contributed by atoms with Crippen molar-refractivity contribution in [3.05, 3.63) is 65.2 Å². The molecular formula is C24H32ClN3O4S. The number of carbonyl (C=O) groups is 2. The van der Waals surface area contributed by atoms with Crippen LogP contribution >= 0.6 is 11.6 Å². The van der Waals surface area contributed by atoms with Gasteiger partial charge in [0.2, 0.25) is 21.8 Å². The third kappa shape index (κ3) is 8.05. The van der Waals surface area contributed by atoms with Crippen molar-refractivity contribution in [3.8, 4) is 0 Å². The van der Waals surface area contributed by atoms with Crippen LogP contribution in [0.2, 0.25) is 5.02 Å². The second kappa shape index (κ2) is 12.6. The van der Waals surface area contributed by atoms with Crippen LogP contribution < -0.4 is 9.62 Å². The van der Waals surface area contributed by atoms with Gasteiger partial charge in [-0.3, -0.25) is 13.9 Å². The van der Waals surface area contributed by atoms with Crippen LogP contribution in [0, 0.1) is 0 Å². The summed E-state index contributed by atoms with van der Waals surface area (Å²) >= 11 is 5.92. The molecule has 0 saturated heterocycles. The molecule has 2 rings (SSSR count). The van der Waals surface area contributed by atoms with E-state index in [1.165, 1.54) is 4.31 Å². The van der Waals surface area contributed by atoms with Gasteiger partial charge in [-0.1, -0.05) is 48.9 Å². The molecular weight excluding hydrogens is 462 g/mol. The third-order valence-corrected chi connectivity index (χ3v) is 6.83. The van der Waals surface area contributed by atoms with Gasteiger partial charge in [-0.05, 0) is 49.1 Å². The fourth-order valence-corrected chi connectivity index (χ4v) is 4.77. The number of sulfonamides is 1. The molecule has 0 aliphatic carbocycles. The summed E-state index contributed by atoms with van der Waals surface area (Å²) in [6, 6.07) is 15.7. The molecule has 180 valence electrons. The molecule has 0 saturated carbocycles. The lowest BCUT2D eigenvalue weighted by atomic mass is 10.1. The van der Waals surface area contributed by atoms with Gasteiger partial charge in [0.1, 0.15) is 6.04 Å². The Kier molecular flexibility index (Phi) is 10.2. The number of benzene rings is 2. The van der Waals surface area contributed by atoms with Gasteiger partial charge in [-0.25, -0.2) is 8.42 Å². The highest BCUT2D eigenvalue weighted by Crippen LogP contribution is 2.21. The molecule has 2 amide bonds. The predicted molar refractivity (Wildman–Crippen MR) is 133 cm³/mol. The predicted octanol–water partition coefficient (Wildman–Crippen LogP) is 3.48. The number of halogens is 1. The fourth-order valence-electron chi connectivity index (χ4n) is 3.67. The van der Waals surface area contributed by atoms with Crippen molar-refractivity contribution in [1.82, 2.24) is 10.2 Å². The Morgan fingerprint density at radius 3 is 2.21 bits per heavy atom. The lowest BCUT2D eigenvalue weighted by Gasteiger charge is -2.30. The molecule has 0 aliphatic heterocycles. The Hall–Kier alpha value is -2.58. The van der Waals surface area contributed by atoms with Crippen LogP contribution in [-0.4, -0.2) is 57.6 Å². The Balaban J connectivity index is 2.11. The Morgan fingerprint density at radius 2 is 1.67 bits per heavy atom. The molecule has 0 fully saturated rings. The number of nitrogens with one attached hydrogen (secondary N) is 1. The van der Waals surface area contributed by atoms with Crippen molar-refractivity contribution in [2.24, 2.45) is 0 Å². The van der Waals surface area contributed by atoms with Gasteiger partial charge in [0.15, 0.2) is 0 Å². The van der Waals surface area contributed by atoms with Crippen LogP contribution in [0.1, 0.15) is 31.7 Å². The summed E-state index contributed by atoms with van der Waals surface area (Å²) in [7, 11) is -1.98. The van der Waals surface area contributed by atoms with Crippen molar-refractivity contribution < 1.29 is 18.0 Å². The number of anilines is 1. The van der Waals surface area contributed by atoms with Gasteiger partial charge in [0, 0.05) is 31.6 Å². The molecule has 0 radical (unpaired) electrons. The quantitative estimate of drug-likeness (QED) is 0.490. The van der Waals surface area contributed by atoms with Gasteiger partial charge in [-0.15, -0.1) is 0 Å². The molecule has 33 heavy (non-hydrogen) atoms. The summed E-state index contributed by atoms with van der Waals surface area (Å²) in [4.78, 5) is 27.2. The van der Waals surface area contributed by atoms with Crippen molar-refractivity contribution in [3.63, 3.8) is 0 Å². The lowest BCUT2D eigenvalue weighted by Crippen LogP contribution is -2.49. The Morgan fingerprint density at radius 1 is 1.03 bits per heavy atom. The van der Waals surface area contributed by atoms with Gasteiger partial charge < -0.3 is 10.2 Å². The first-order valence-corrected chi connectivity index (χ1v) is 13.2. The normalized spacial score (nSPS) is 12.1. The monoisotopic (exact) mass is 493 g/mol. The van der Waals surface area contributed by atoms with Crippen LogP contribution in [0.4, 0.5) is 5.69 Å². The minimum atomic E-state index is -3.53. The van der Waals surface area contributed by atoms with Crippen LogP contribution in [0.25, 0.3) is 0 Å². The Bertz CT molecular complexity index is 1010. The number of nitrogens with zero attached hydrogens (tertiary/aromatic N) is 2. The molecule has 0 heterocycles. The van der Waals surface area contributed by atoms with Crippen LogP contribution in [0.3, 0.4) is 0 Å². The van der Waals surface area contributed by atoms with E-state index in [0.717, 1.165) is 11.8 Å². The molecule has 0 unspecified atom stereocenters. The van der Waals surface area contributed by atoms with Crippen LogP contribution in [0.15, 0.2) is 54.6 Å². The molecule has 2 aromatic rings. The molecule has 0 spiro atoms. The first kappa shape index (κ1) is 26.7. The van der Waals surface area contributed by atoms with Crippen molar-refractivity contribution in [2.75, 3.05) is 30.7 Å². The zero-order valence-electron chi connectivity index (χ0n) is 19.3. The summed E-state index contributed by atoms with van der Waals surface area (Å²) in [6.45, 7) is 2.42. The fraction of sp³-hybridized carbons (Fsp3) is 0.417. The van der Waals surface area contributed by atoms with Gasteiger partial charge >= 0.3 is 0 Å². The third-order valence-electron chi connectivity index (χ3n) is 5.38. The van der Waals surface area contributed by atoms with E-state index in [1.54, 1.807) is 36.2 Å². The molecule has 1 N–H and O–H groups in total. The molecule has 7 nitrogen and oxygen atoms in total. The second-order valence-electron chi connectivity index (χ2n) is 7.78. The van der Waals surface area contributed by atoms with E-state index in [2.05, 4.69) is 5.32 Å². The number of likely N-dealkylation sites (N-methyl/N-ethyl adjacent to an activating group) is 1. The van der Waals surface area contributed by atoms with Crippen LogP contribution in [-0.2, 0) is 26.0 Å². The number of hydrogen-bond donors (Lipinski definition) is 1. The van der Waals surface area contributed by atoms with E-state index in [-0.39, 0.29) is 24.8 Å². The van der Waals surface area contributed by atoms with Crippen LogP contribution in [0.5, 0.6) is 0 Å². The smallest absolute Gasteiger partial charge is 0.242 e. The zero-order chi connectivity index (χ0) is 24.4.